The number of anilines is 1. The Morgan fingerprint density at radius 2 is 2.11 bits per heavy atom. The van der Waals surface area contributed by atoms with Gasteiger partial charge in [0.2, 0.25) is 0 Å². The van der Waals surface area contributed by atoms with Crippen LogP contribution in [0.25, 0.3) is 0 Å². The van der Waals surface area contributed by atoms with Gasteiger partial charge in [0.25, 0.3) is 5.56 Å². The highest BCUT2D eigenvalue weighted by Gasteiger charge is 2.19. The van der Waals surface area contributed by atoms with Crippen LogP contribution in [-0.2, 0) is 25.6 Å². The first kappa shape index (κ1) is 14.7. The van der Waals surface area contributed by atoms with Crippen molar-refractivity contribution in [1.82, 2.24) is 4.57 Å². The van der Waals surface area contributed by atoms with Crippen molar-refractivity contribution in [3.05, 3.63) is 28.7 Å². The van der Waals surface area contributed by atoms with E-state index in [1.54, 1.807) is 6.92 Å². The third-order valence-electron chi connectivity index (χ3n) is 2.23. The van der Waals surface area contributed by atoms with Gasteiger partial charge >= 0.3 is 11.9 Å². The maximum absolute atomic E-state index is 11.6. The quantitative estimate of drug-likeness (QED) is 0.750. The van der Waals surface area contributed by atoms with Gasteiger partial charge in [0, 0.05) is 18.0 Å². The Hall–Kier alpha value is -2.31. The first-order valence-electron chi connectivity index (χ1n) is 5.76. The van der Waals surface area contributed by atoms with Gasteiger partial charge in [0.05, 0.1) is 6.61 Å². The van der Waals surface area contributed by atoms with Gasteiger partial charge in [0.15, 0.2) is 6.10 Å². The van der Waals surface area contributed by atoms with E-state index in [1.165, 1.54) is 25.3 Å². The number of rotatable bonds is 5. The third kappa shape index (κ3) is 4.46. The summed E-state index contributed by atoms with van der Waals surface area (Å²) in [6.45, 7) is 2.94. The standard InChI is InChI=1S/C12H16N2O5/c1-3-18-12(17)8(2)19-11(16)7-14-6-9(13)4-5-10(14)15/h4-6,8H,3,7,13H2,1-2H3. The van der Waals surface area contributed by atoms with Crippen LogP contribution in [0.4, 0.5) is 5.69 Å². The highest BCUT2D eigenvalue weighted by atomic mass is 16.6. The molecular formula is C12H16N2O5. The van der Waals surface area contributed by atoms with Crippen LogP contribution < -0.4 is 11.3 Å². The van der Waals surface area contributed by atoms with Gasteiger partial charge in [-0.1, -0.05) is 0 Å². The number of nitrogens with two attached hydrogens (primary N) is 1. The van der Waals surface area contributed by atoms with Crippen molar-refractivity contribution >= 4 is 17.6 Å². The molecule has 0 radical (unpaired) electrons. The molecule has 1 rings (SSSR count). The van der Waals surface area contributed by atoms with E-state index in [4.69, 9.17) is 15.2 Å². The molecule has 0 amide bonds. The maximum Gasteiger partial charge on any atom is 0.347 e. The number of nitrogens with zero attached hydrogens (tertiary/aromatic N) is 1. The van der Waals surface area contributed by atoms with Crippen molar-refractivity contribution in [2.75, 3.05) is 12.3 Å². The molecule has 2 N–H and O–H groups in total. The second-order valence-corrected chi connectivity index (χ2v) is 3.81. The van der Waals surface area contributed by atoms with Gasteiger partial charge in [-0.05, 0) is 19.9 Å². The number of pyridine rings is 1. The van der Waals surface area contributed by atoms with Crippen molar-refractivity contribution in [2.45, 2.75) is 26.5 Å². The van der Waals surface area contributed by atoms with Crippen LogP contribution in [0.1, 0.15) is 13.8 Å². The number of aromatic nitrogens is 1. The number of esters is 2. The van der Waals surface area contributed by atoms with E-state index >= 15 is 0 Å². The lowest BCUT2D eigenvalue weighted by molar-refractivity contribution is -0.166. The minimum atomic E-state index is -1.01. The zero-order valence-corrected chi connectivity index (χ0v) is 10.8. The van der Waals surface area contributed by atoms with Crippen molar-refractivity contribution in [1.29, 1.82) is 0 Å². The molecule has 7 heteroatoms. The van der Waals surface area contributed by atoms with E-state index < -0.39 is 18.0 Å². The van der Waals surface area contributed by atoms with Crippen LogP contribution in [0.2, 0.25) is 0 Å². The maximum atomic E-state index is 11.6. The van der Waals surface area contributed by atoms with Crippen LogP contribution in [0, 0.1) is 0 Å². The van der Waals surface area contributed by atoms with E-state index in [1.807, 2.05) is 0 Å². The SMILES string of the molecule is CCOC(=O)C(C)OC(=O)Cn1cc(N)ccc1=O. The van der Waals surface area contributed by atoms with Crippen LogP contribution in [-0.4, -0.2) is 29.2 Å². The molecule has 0 aliphatic heterocycles. The molecule has 0 aliphatic carbocycles. The molecule has 104 valence electrons. The summed E-state index contributed by atoms with van der Waals surface area (Å²) < 4.78 is 10.6. The predicted octanol–water partition coefficient (Wildman–Crippen LogP) is -0.0747. The predicted molar refractivity (Wildman–Crippen MR) is 67.3 cm³/mol. The molecule has 1 atom stereocenters. The normalized spacial score (nSPS) is 11.7. The van der Waals surface area contributed by atoms with E-state index in [2.05, 4.69) is 0 Å². The monoisotopic (exact) mass is 268 g/mol. The molecule has 0 saturated carbocycles. The summed E-state index contributed by atoms with van der Waals surface area (Å²) in [6, 6.07) is 2.68. The topological polar surface area (TPSA) is 101 Å². The summed E-state index contributed by atoms with van der Waals surface area (Å²) in [7, 11) is 0. The number of carbonyl (C=O) groups is 2. The summed E-state index contributed by atoms with van der Waals surface area (Å²) >= 11 is 0. The van der Waals surface area contributed by atoms with Gasteiger partial charge in [0.1, 0.15) is 6.54 Å². The molecule has 1 aromatic heterocycles. The molecular weight excluding hydrogens is 252 g/mol. The molecule has 0 bridgehead atoms. The first-order valence-corrected chi connectivity index (χ1v) is 5.76. The smallest absolute Gasteiger partial charge is 0.347 e. The van der Waals surface area contributed by atoms with E-state index in [0.29, 0.717) is 5.69 Å². The van der Waals surface area contributed by atoms with Gasteiger partial charge in [-0.3, -0.25) is 9.59 Å². The van der Waals surface area contributed by atoms with Gasteiger partial charge < -0.3 is 19.8 Å². The lowest BCUT2D eigenvalue weighted by Gasteiger charge is -2.12. The number of nitrogen functional groups attached to an aromatic ring is 1. The molecule has 1 aromatic rings. The van der Waals surface area contributed by atoms with Crippen LogP contribution >= 0.6 is 0 Å². The van der Waals surface area contributed by atoms with Crippen LogP contribution in [0.3, 0.4) is 0 Å². The fourth-order valence-corrected chi connectivity index (χ4v) is 1.35. The largest absolute Gasteiger partial charge is 0.463 e. The Kier molecular flexibility index (Phi) is 5.11. The van der Waals surface area contributed by atoms with Gasteiger partial charge in [-0.2, -0.15) is 0 Å². The van der Waals surface area contributed by atoms with Gasteiger partial charge in [-0.25, -0.2) is 4.79 Å². The molecule has 1 heterocycles. The van der Waals surface area contributed by atoms with E-state index in [9.17, 15) is 14.4 Å². The van der Waals surface area contributed by atoms with E-state index in [-0.39, 0.29) is 18.7 Å². The first-order chi connectivity index (χ1) is 8.93. The Balaban J connectivity index is 2.63. The number of hydrogen-bond donors (Lipinski definition) is 1. The van der Waals surface area contributed by atoms with Crippen LogP contribution in [0.5, 0.6) is 0 Å². The zero-order valence-electron chi connectivity index (χ0n) is 10.8. The number of hydrogen-bond acceptors (Lipinski definition) is 6. The Bertz CT molecular complexity index is 523. The number of carbonyl (C=O) groups excluding carboxylic acids is 2. The fourth-order valence-electron chi connectivity index (χ4n) is 1.35. The van der Waals surface area contributed by atoms with Crippen molar-refractivity contribution in [3.8, 4) is 0 Å². The lowest BCUT2D eigenvalue weighted by atomic mass is 10.4. The summed E-state index contributed by atoms with van der Waals surface area (Å²) in [6.07, 6.45) is 0.322. The van der Waals surface area contributed by atoms with Gasteiger partial charge in [-0.15, -0.1) is 0 Å². The average molecular weight is 268 g/mol. The fraction of sp³-hybridized carbons (Fsp3) is 0.417. The summed E-state index contributed by atoms with van der Waals surface area (Å²) in [5, 5.41) is 0. The Morgan fingerprint density at radius 1 is 1.42 bits per heavy atom. The number of ether oxygens (including phenoxy) is 2. The molecule has 0 fully saturated rings. The Labute approximate surface area is 109 Å². The Morgan fingerprint density at radius 3 is 2.74 bits per heavy atom. The molecule has 0 saturated heterocycles. The second kappa shape index (κ2) is 6.58. The second-order valence-electron chi connectivity index (χ2n) is 3.81. The summed E-state index contributed by atoms with van der Waals surface area (Å²) in [5.41, 5.74) is 5.48. The highest BCUT2D eigenvalue weighted by molar-refractivity contribution is 5.78. The lowest BCUT2D eigenvalue weighted by Crippen LogP contribution is -2.30. The molecule has 0 spiro atoms. The van der Waals surface area contributed by atoms with Crippen molar-refractivity contribution in [2.24, 2.45) is 0 Å². The van der Waals surface area contributed by atoms with Crippen molar-refractivity contribution < 1.29 is 19.1 Å². The third-order valence-corrected chi connectivity index (χ3v) is 2.23. The molecule has 1 unspecified atom stereocenters. The zero-order chi connectivity index (χ0) is 14.4. The minimum absolute atomic E-state index is 0.204. The minimum Gasteiger partial charge on any atom is -0.463 e. The molecule has 0 aliphatic rings. The van der Waals surface area contributed by atoms with E-state index in [0.717, 1.165) is 4.57 Å². The molecule has 19 heavy (non-hydrogen) atoms. The molecule has 0 aromatic carbocycles. The van der Waals surface area contributed by atoms with Crippen molar-refractivity contribution in [3.63, 3.8) is 0 Å². The van der Waals surface area contributed by atoms with Crippen LogP contribution in [0.15, 0.2) is 23.1 Å². The summed E-state index contributed by atoms with van der Waals surface area (Å²) in [5.74, 6) is -1.34. The average Bonchev–Trinajstić information content (AvgIpc) is 2.34. The highest BCUT2D eigenvalue weighted by Crippen LogP contribution is 1.99. The molecule has 7 nitrogen and oxygen atoms in total. The summed E-state index contributed by atoms with van der Waals surface area (Å²) in [4.78, 5) is 34.3.